The Bertz CT molecular complexity index is 188. The second kappa shape index (κ2) is 6.58. The van der Waals surface area contributed by atoms with Gasteiger partial charge in [0.15, 0.2) is 0 Å². The minimum atomic E-state index is -0.514. The van der Waals surface area contributed by atoms with Gasteiger partial charge in [-0.1, -0.05) is 32.6 Å². The third-order valence-corrected chi connectivity index (χ3v) is 3.93. The summed E-state index contributed by atoms with van der Waals surface area (Å²) < 4.78 is 0. The molecule has 0 saturated heterocycles. The van der Waals surface area contributed by atoms with E-state index in [2.05, 4.69) is 12.2 Å². The van der Waals surface area contributed by atoms with Crippen molar-refractivity contribution < 1.29 is 10.2 Å². The number of aliphatic hydroxyl groups excluding tert-OH is 1. The molecule has 1 fully saturated rings. The first-order valence-electron chi connectivity index (χ1n) is 6.64. The molecule has 1 rings (SSSR count). The molecular formula is C13H27NO2. The van der Waals surface area contributed by atoms with Crippen molar-refractivity contribution in [2.75, 3.05) is 13.2 Å². The SMILES string of the molecule is CC(CO)C(C)NCC1(O)CCCCCC1. The van der Waals surface area contributed by atoms with Crippen LogP contribution in [0.15, 0.2) is 0 Å². The van der Waals surface area contributed by atoms with Crippen LogP contribution < -0.4 is 5.32 Å². The molecule has 1 saturated carbocycles. The number of hydrogen-bond acceptors (Lipinski definition) is 3. The summed E-state index contributed by atoms with van der Waals surface area (Å²) >= 11 is 0. The van der Waals surface area contributed by atoms with Gasteiger partial charge in [-0.2, -0.15) is 0 Å². The van der Waals surface area contributed by atoms with Crippen molar-refractivity contribution in [3.8, 4) is 0 Å². The van der Waals surface area contributed by atoms with E-state index in [1.807, 2.05) is 6.92 Å². The highest BCUT2D eigenvalue weighted by atomic mass is 16.3. The average molecular weight is 229 g/mol. The van der Waals surface area contributed by atoms with Crippen LogP contribution in [0.4, 0.5) is 0 Å². The molecule has 0 spiro atoms. The van der Waals surface area contributed by atoms with Crippen LogP contribution in [0.3, 0.4) is 0 Å². The van der Waals surface area contributed by atoms with E-state index in [1.165, 1.54) is 12.8 Å². The smallest absolute Gasteiger partial charge is 0.0771 e. The molecule has 2 atom stereocenters. The highest BCUT2D eigenvalue weighted by molar-refractivity contribution is 4.84. The van der Waals surface area contributed by atoms with Crippen LogP contribution in [0.2, 0.25) is 0 Å². The molecule has 0 aromatic heterocycles. The van der Waals surface area contributed by atoms with E-state index in [1.54, 1.807) is 0 Å². The van der Waals surface area contributed by atoms with Gasteiger partial charge in [0.1, 0.15) is 0 Å². The fourth-order valence-corrected chi connectivity index (χ4v) is 2.27. The molecule has 1 aliphatic carbocycles. The lowest BCUT2D eigenvalue weighted by Gasteiger charge is -2.30. The molecule has 16 heavy (non-hydrogen) atoms. The van der Waals surface area contributed by atoms with E-state index >= 15 is 0 Å². The Kier molecular flexibility index (Phi) is 5.73. The molecule has 3 nitrogen and oxygen atoms in total. The van der Waals surface area contributed by atoms with Crippen LogP contribution >= 0.6 is 0 Å². The summed E-state index contributed by atoms with van der Waals surface area (Å²) in [4.78, 5) is 0. The Labute approximate surface area is 99.3 Å². The number of aliphatic hydroxyl groups is 2. The van der Waals surface area contributed by atoms with Gasteiger partial charge in [0.2, 0.25) is 0 Å². The Hall–Kier alpha value is -0.120. The predicted octanol–water partition coefficient (Wildman–Crippen LogP) is 1.68. The molecule has 0 aliphatic heterocycles. The van der Waals surface area contributed by atoms with Crippen molar-refractivity contribution in [3.05, 3.63) is 0 Å². The van der Waals surface area contributed by atoms with Gasteiger partial charge in [0.05, 0.1) is 5.60 Å². The summed E-state index contributed by atoms with van der Waals surface area (Å²) in [6, 6.07) is 0.261. The van der Waals surface area contributed by atoms with Crippen LogP contribution in [0, 0.1) is 5.92 Å². The zero-order chi connectivity index (χ0) is 12.0. The van der Waals surface area contributed by atoms with Crippen molar-refractivity contribution >= 4 is 0 Å². The molecule has 0 aromatic carbocycles. The molecule has 0 radical (unpaired) electrons. The maximum absolute atomic E-state index is 10.4. The fraction of sp³-hybridized carbons (Fsp3) is 1.00. The van der Waals surface area contributed by atoms with Crippen LogP contribution in [-0.4, -0.2) is 35.0 Å². The highest BCUT2D eigenvalue weighted by Gasteiger charge is 2.28. The molecule has 0 heterocycles. The maximum atomic E-state index is 10.4. The predicted molar refractivity (Wildman–Crippen MR) is 66.4 cm³/mol. The summed E-state index contributed by atoms with van der Waals surface area (Å²) in [7, 11) is 0. The van der Waals surface area contributed by atoms with E-state index in [4.69, 9.17) is 5.11 Å². The van der Waals surface area contributed by atoms with Gasteiger partial charge in [0.25, 0.3) is 0 Å². The first kappa shape index (κ1) is 13.9. The number of hydrogen-bond donors (Lipinski definition) is 3. The Morgan fingerprint density at radius 3 is 2.19 bits per heavy atom. The summed E-state index contributed by atoms with van der Waals surface area (Å²) in [5, 5.41) is 22.8. The summed E-state index contributed by atoms with van der Waals surface area (Å²) in [6.45, 7) is 4.96. The second-order valence-corrected chi connectivity index (χ2v) is 5.47. The van der Waals surface area contributed by atoms with E-state index < -0.39 is 5.60 Å². The quantitative estimate of drug-likeness (QED) is 0.629. The first-order valence-corrected chi connectivity index (χ1v) is 6.64. The number of rotatable bonds is 5. The van der Waals surface area contributed by atoms with Gasteiger partial charge < -0.3 is 15.5 Å². The molecule has 96 valence electrons. The Morgan fingerprint density at radius 2 is 1.69 bits per heavy atom. The molecule has 0 bridgehead atoms. The summed E-state index contributed by atoms with van der Waals surface area (Å²) in [5.41, 5.74) is -0.514. The van der Waals surface area contributed by atoms with Crippen molar-refractivity contribution in [2.45, 2.75) is 64.0 Å². The second-order valence-electron chi connectivity index (χ2n) is 5.47. The Morgan fingerprint density at radius 1 is 1.12 bits per heavy atom. The van der Waals surface area contributed by atoms with E-state index in [-0.39, 0.29) is 18.6 Å². The van der Waals surface area contributed by atoms with Gasteiger partial charge in [0, 0.05) is 19.2 Å². The maximum Gasteiger partial charge on any atom is 0.0771 e. The minimum absolute atomic E-state index is 0.201. The van der Waals surface area contributed by atoms with Crippen molar-refractivity contribution in [2.24, 2.45) is 5.92 Å². The third kappa shape index (κ3) is 4.40. The van der Waals surface area contributed by atoms with Gasteiger partial charge >= 0.3 is 0 Å². The normalized spacial score (nSPS) is 24.8. The van der Waals surface area contributed by atoms with Crippen molar-refractivity contribution in [1.29, 1.82) is 0 Å². The first-order chi connectivity index (χ1) is 7.57. The van der Waals surface area contributed by atoms with Crippen LogP contribution in [0.25, 0.3) is 0 Å². The molecule has 3 N–H and O–H groups in total. The van der Waals surface area contributed by atoms with Crippen LogP contribution in [-0.2, 0) is 0 Å². The van der Waals surface area contributed by atoms with Crippen LogP contribution in [0.5, 0.6) is 0 Å². The lowest BCUT2D eigenvalue weighted by Crippen LogP contribution is -2.45. The molecule has 0 aromatic rings. The van der Waals surface area contributed by atoms with Crippen molar-refractivity contribution in [1.82, 2.24) is 5.32 Å². The third-order valence-electron chi connectivity index (χ3n) is 3.93. The zero-order valence-corrected chi connectivity index (χ0v) is 10.7. The molecule has 2 unspecified atom stereocenters. The lowest BCUT2D eigenvalue weighted by atomic mass is 9.93. The van der Waals surface area contributed by atoms with Gasteiger partial charge in [-0.05, 0) is 25.7 Å². The van der Waals surface area contributed by atoms with E-state index in [0.717, 1.165) is 25.7 Å². The minimum Gasteiger partial charge on any atom is -0.396 e. The van der Waals surface area contributed by atoms with E-state index in [0.29, 0.717) is 6.54 Å². The Balaban J connectivity index is 2.34. The monoisotopic (exact) mass is 229 g/mol. The molecule has 3 heteroatoms. The summed E-state index contributed by atoms with van der Waals surface area (Å²) in [5.74, 6) is 0.245. The number of nitrogens with one attached hydrogen (secondary N) is 1. The molecule has 1 aliphatic rings. The standard InChI is InChI=1S/C13H27NO2/c1-11(9-15)12(2)14-10-13(16)7-5-3-4-6-8-13/h11-12,14-16H,3-10H2,1-2H3. The van der Waals surface area contributed by atoms with Gasteiger partial charge in [-0.3, -0.25) is 0 Å². The van der Waals surface area contributed by atoms with Gasteiger partial charge in [-0.25, -0.2) is 0 Å². The molecule has 0 amide bonds. The lowest BCUT2D eigenvalue weighted by molar-refractivity contribution is 0.0205. The topological polar surface area (TPSA) is 52.5 Å². The zero-order valence-electron chi connectivity index (χ0n) is 10.7. The summed E-state index contributed by atoms with van der Waals surface area (Å²) in [6.07, 6.45) is 6.63. The van der Waals surface area contributed by atoms with E-state index in [9.17, 15) is 5.11 Å². The van der Waals surface area contributed by atoms with Crippen LogP contribution in [0.1, 0.15) is 52.4 Å². The average Bonchev–Trinajstić information content (AvgIpc) is 2.50. The van der Waals surface area contributed by atoms with Gasteiger partial charge in [-0.15, -0.1) is 0 Å². The molecular weight excluding hydrogens is 202 g/mol. The largest absolute Gasteiger partial charge is 0.396 e. The highest BCUT2D eigenvalue weighted by Crippen LogP contribution is 2.26. The van der Waals surface area contributed by atoms with Crippen molar-refractivity contribution in [3.63, 3.8) is 0 Å². The fourth-order valence-electron chi connectivity index (χ4n) is 2.27.